The van der Waals surface area contributed by atoms with Gasteiger partial charge in [-0.3, -0.25) is 0 Å². The highest BCUT2D eigenvalue weighted by molar-refractivity contribution is 7.17. The molecule has 0 saturated carbocycles. The molecule has 0 aliphatic carbocycles. The van der Waals surface area contributed by atoms with Crippen molar-refractivity contribution in [1.82, 2.24) is 15.1 Å². The molecule has 1 atom stereocenters. The van der Waals surface area contributed by atoms with E-state index in [1.54, 1.807) is 11.3 Å². The highest BCUT2D eigenvalue weighted by Crippen LogP contribution is 2.36. The molecule has 0 fully saturated rings. The summed E-state index contributed by atoms with van der Waals surface area (Å²) in [5.41, 5.74) is 12.6. The van der Waals surface area contributed by atoms with Gasteiger partial charge in [0.1, 0.15) is 0 Å². The van der Waals surface area contributed by atoms with Crippen LogP contribution in [0.5, 0.6) is 0 Å². The summed E-state index contributed by atoms with van der Waals surface area (Å²) in [5, 5.41) is 12.1. The van der Waals surface area contributed by atoms with E-state index < -0.39 is 0 Å². The van der Waals surface area contributed by atoms with Crippen molar-refractivity contribution in [3.8, 4) is 11.3 Å². The molecule has 0 radical (unpaired) electrons. The van der Waals surface area contributed by atoms with Crippen LogP contribution in [0.2, 0.25) is 0 Å². The minimum absolute atomic E-state index is 0.387. The first-order valence-electron chi connectivity index (χ1n) is 9.53. The Balaban J connectivity index is 1.54. The van der Waals surface area contributed by atoms with E-state index in [9.17, 15) is 0 Å². The fourth-order valence-corrected chi connectivity index (χ4v) is 4.89. The number of nitrogens with zero attached hydrogens (tertiary/aromatic N) is 3. The lowest BCUT2D eigenvalue weighted by molar-refractivity contribution is 0.295. The van der Waals surface area contributed by atoms with Crippen molar-refractivity contribution < 1.29 is 0 Å². The zero-order valence-corrected chi connectivity index (χ0v) is 16.6. The quantitative estimate of drug-likeness (QED) is 0.567. The SMILES string of the molecule is CN1Cc2cc(-c3ccc(CN)nn3)ccc2C(c2ccc3sccc3c2)C1. The van der Waals surface area contributed by atoms with Gasteiger partial charge in [-0.15, -0.1) is 11.3 Å². The molecule has 1 aliphatic rings. The molecular formula is C23H22N4S. The number of hydrogen-bond donors (Lipinski definition) is 1. The zero-order valence-electron chi connectivity index (χ0n) is 15.8. The predicted octanol–water partition coefficient (Wildman–Crippen LogP) is 4.39. The van der Waals surface area contributed by atoms with Gasteiger partial charge in [0.15, 0.2) is 0 Å². The molecule has 5 rings (SSSR count). The average molecular weight is 387 g/mol. The molecule has 0 spiro atoms. The van der Waals surface area contributed by atoms with Gasteiger partial charge in [-0.1, -0.05) is 18.2 Å². The number of nitrogens with two attached hydrogens (primary N) is 1. The van der Waals surface area contributed by atoms with Crippen molar-refractivity contribution in [3.05, 3.63) is 82.4 Å². The summed E-state index contributed by atoms with van der Waals surface area (Å²) in [7, 11) is 2.20. The number of fused-ring (bicyclic) bond motifs is 2. The van der Waals surface area contributed by atoms with Crippen LogP contribution < -0.4 is 5.73 Å². The summed E-state index contributed by atoms with van der Waals surface area (Å²) >= 11 is 1.80. The molecule has 0 bridgehead atoms. The van der Waals surface area contributed by atoms with Crippen LogP contribution in [0, 0.1) is 0 Å². The molecule has 5 heteroatoms. The van der Waals surface area contributed by atoms with Gasteiger partial charge in [0.25, 0.3) is 0 Å². The Morgan fingerprint density at radius 3 is 2.82 bits per heavy atom. The Morgan fingerprint density at radius 2 is 2.00 bits per heavy atom. The second kappa shape index (κ2) is 7.09. The summed E-state index contributed by atoms with van der Waals surface area (Å²) in [6, 6.07) is 19.8. The van der Waals surface area contributed by atoms with Gasteiger partial charge in [-0.05, 0) is 70.9 Å². The lowest BCUT2D eigenvalue weighted by atomic mass is 9.83. The molecule has 4 nitrogen and oxygen atoms in total. The molecule has 2 aromatic heterocycles. The van der Waals surface area contributed by atoms with Crippen LogP contribution in [0.15, 0.2) is 60.0 Å². The summed E-state index contributed by atoms with van der Waals surface area (Å²) in [6.45, 7) is 2.40. The van der Waals surface area contributed by atoms with E-state index in [0.29, 0.717) is 12.5 Å². The number of benzene rings is 2. The first-order chi connectivity index (χ1) is 13.7. The van der Waals surface area contributed by atoms with Crippen LogP contribution in [-0.4, -0.2) is 28.7 Å². The van der Waals surface area contributed by atoms with Gasteiger partial charge in [-0.2, -0.15) is 10.2 Å². The van der Waals surface area contributed by atoms with Crippen LogP contribution in [0.3, 0.4) is 0 Å². The normalized spacial score (nSPS) is 17.0. The first-order valence-corrected chi connectivity index (χ1v) is 10.4. The van der Waals surface area contributed by atoms with Gasteiger partial charge in [0.05, 0.1) is 11.4 Å². The smallest absolute Gasteiger partial charge is 0.0929 e. The third kappa shape index (κ3) is 3.11. The van der Waals surface area contributed by atoms with E-state index in [-0.39, 0.29) is 0 Å². The van der Waals surface area contributed by atoms with Crippen molar-refractivity contribution in [2.45, 2.75) is 19.0 Å². The standard InChI is InChI=1S/C23H22N4S/c1-27-13-18-11-16(22-6-4-19(12-24)25-26-22)2-5-20(18)21(14-27)15-3-7-23-17(10-15)8-9-28-23/h2-11,21H,12-14,24H2,1H3. The van der Waals surface area contributed by atoms with E-state index in [4.69, 9.17) is 5.73 Å². The Bertz CT molecular complexity index is 1130. The van der Waals surface area contributed by atoms with Gasteiger partial charge < -0.3 is 10.6 Å². The topological polar surface area (TPSA) is 55.0 Å². The Hall–Kier alpha value is -2.60. The highest BCUT2D eigenvalue weighted by Gasteiger charge is 2.25. The van der Waals surface area contributed by atoms with E-state index in [1.165, 1.54) is 26.8 Å². The second-order valence-electron chi connectivity index (χ2n) is 7.49. The summed E-state index contributed by atoms with van der Waals surface area (Å²) in [6.07, 6.45) is 0. The monoisotopic (exact) mass is 386 g/mol. The lowest BCUT2D eigenvalue weighted by Crippen LogP contribution is -2.31. The third-order valence-corrected chi connectivity index (χ3v) is 6.45. The minimum Gasteiger partial charge on any atom is -0.325 e. The number of aromatic nitrogens is 2. The van der Waals surface area contributed by atoms with E-state index in [2.05, 4.69) is 70.0 Å². The van der Waals surface area contributed by atoms with Crippen LogP contribution in [0.1, 0.15) is 28.3 Å². The van der Waals surface area contributed by atoms with Crippen LogP contribution in [-0.2, 0) is 13.1 Å². The summed E-state index contributed by atoms with van der Waals surface area (Å²) in [5.74, 6) is 0.387. The maximum atomic E-state index is 5.64. The highest BCUT2D eigenvalue weighted by atomic mass is 32.1. The molecule has 28 heavy (non-hydrogen) atoms. The summed E-state index contributed by atoms with van der Waals surface area (Å²) in [4.78, 5) is 2.40. The lowest BCUT2D eigenvalue weighted by Gasteiger charge is -2.33. The molecule has 0 saturated heterocycles. The van der Waals surface area contributed by atoms with Crippen molar-refractivity contribution in [3.63, 3.8) is 0 Å². The van der Waals surface area contributed by atoms with Gasteiger partial charge in [0.2, 0.25) is 0 Å². The maximum Gasteiger partial charge on any atom is 0.0929 e. The van der Waals surface area contributed by atoms with Crippen LogP contribution >= 0.6 is 11.3 Å². The molecule has 0 amide bonds. The van der Waals surface area contributed by atoms with Crippen molar-refractivity contribution >= 4 is 21.4 Å². The van der Waals surface area contributed by atoms with Gasteiger partial charge in [0, 0.05) is 35.8 Å². The number of likely N-dealkylation sites (N-methyl/N-ethyl adjacent to an activating group) is 1. The molecule has 4 aromatic rings. The van der Waals surface area contributed by atoms with Gasteiger partial charge in [-0.25, -0.2) is 0 Å². The Morgan fingerprint density at radius 1 is 1.07 bits per heavy atom. The Kier molecular flexibility index (Phi) is 4.43. The molecule has 2 aromatic carbocycles. The molecule has 2 N–H and O–H groups in total. The van der Waals surface area contributed by atoms with E-state index >= 15 is 0 Å². The van der Waals surface area contributed by atoms with Crippen molar-refractivity contribution in [1.29, 1.82) is 0 Å². The molecule has 1 aliphatic heterocycles. The molecule has 1 unspecified atom stereocenters. The van der Waals surface area contributed by atoms with Crippen LogP contribution in [0.25, 0.3) is 21.3 Å². The predicted molar refractivity (Wildman–Crippen MR) is 115 cm³/mol. The molecule has 3 heterocycles. The van der Waals surface area contributed by atoms with E-state index in [1.807, 2.05) is 12.1 Å². The van der Waals surface area contributed by atoms with Crippen molar-refractivity contribution in [2.24, 2.45) is 5.73 Å². The van der Waals surface area contributed by atoms with Gasteiger partial charge >= 0.3 is 0 Å². The zero-order chi connectivity index (χ0) is 19.1. The maximum absolute atomic E-state index is 5.64. The minimum atomic E-state index is 0.387. The fourth-order valence-electron chi connectivity index (χ4n) is 4.12. The number of thiophene rings is 1. The largest absolute Gasteiger partial charge is 0.325 e. The van der Waals surface area contributed by atoms with Crippen molar-refractivity contribution in [2.75, 3.05) is 13.6 Å². The second-order valence-corrected chi connectivity index (χ2v) is 8.44. The Labute approximate surface area is 168 Å². The summed E-state index contributed by atoms with van der Waals surface area (Å²) < 4.78 is 1.35. The van der Waals surface area contributed by atoms with Crippen LogP contribution in [0.4, 0.5) is 0 Å². The fraction of sp³-hybridized carbons (Fsp3) is 0.217. The average Bonchev–Trinajstić information content (AvgIpc) is 3.20. The number of hydrogen-bond acceptors (Lipinski definition) is 5. The first kappa shape index (κ1) is 17.5. The number of rotatable bonds is 3. The molecular weight excluding hydrogens is 364 g/mol. The van der Waals surface area contributed by atoms with E-state index in [0.717, 1.165) is 30.0 Å². The third-order valence-electron chi connectivity index (χ3n) is 5.56. The molecule has 140 valence electrons.